The van der Waals surface area contributed by atoms with E-state index in [1.54, 1.807) is 23.0 Å². The fourth-order valence-electron chi connectivity index (χ4n) is 3.89. The Bertz CT molecular complexity index is 1030. The van der Waals surface area contributed by atoms with E-state index in [1.807, 2.05) is 32.0 Å². The van der Waals surface area contributed by atoms with E-state index in [-0.39, 0.29) is 30.0 Å². The highest BCUT2D eigenvalue weighted by Gasteiger charge is 2.27. The quantitative estimate of drug-likeness (QED) is 0.661. The van der Waals surface area contributed by atoms with Crippen LogP contribution in [0.5, 0.6) is 0 Å². The minimum absolute atomic E-state index is 0. The number of hydrogen-bond acceptors (Lipinski definition) is 3. The summed E-state index contributed by atoms with van der Waals surface area (Å²) in [6.45, 7) is 5.83. The second-order valence-electron chi connectivity index (χ2n) is 7.56. The van der Waals surface area contributed by atoms with Crippen LogP contribution in [0.2, 0.25) is 0 Å². The van der Waals surface area contributed by atoms with Crippen molar-refractivity contribution in [1.82, 2.24) is 15.1 Å². The van der Waals surface area contributed by atoms with Crippen LogP contribution in [0.15, 0.2) is 48.7 Å². The molecule has 30 heavy (non-hydrogen) atoms. The Hall–Kier alpha value is -2.70. The molecule has 1 amide bonds. The van der Waals surface area contributed by atoms with E-state index >= 15 is 0 Å². The maximum Gasteiger partial charge on any atom is 0.259 e. The third-order valence-electron chi connectivity index (χ3n) is 5.70. The molecule has 158 valence electrons. The van der Waals surface area contributed by atoms with E-state index in [0.29, 0.717) is 5.56 Å². The Morgan fingerprint density at radius 1 is 1.13 bits per heavy atom. The topological polar surface area (TPSA) is 59.0 Å². The summed E-state index contributed by atoms with van der Waals surface area (Å²) >= 11 is 0. The second-order valence-corrected chi connectivity index (χ2v) is 7.56. The maximum absolute atomic E-state index is 13.4. The molecule has 3 aromatic rings. The number of rotatable bonds is 4. The molecule has 1 saturated heterocycles. The van der Waals surface area contributed by atoms with Crippen LogP contribution in [0.1, 0.15) is 45.9 Å². The Balaban J connectivity index is 0.00000256. The second kappa shape index (κ2) is 9.41. The van der Waals surface area contributed by atoms with E-state index in [2.05, 4.69) is 15.7 Å². The number of nitrogens with one attached hydrogen (secondary N) is 2. The molecular weight excluding hydrogens is 403 g/mol. The molecule has 1 fully saturated rings. The number of benzene rings is 2. The molecule has 1 aliphatic rings. The molecule has 2 aromatic carbocycles. The van der Waals surface area contributed by atoms with E-state index in [1.165, 1.54) is 12.1 Å². The molecule has 0 saturated carbocycles. The highest BCUT2D eigenvalue weighted by Crippen LogP contribution is 2.31. The standard InChI is InChI=1S/C23H25FN4O.ClH/c1-15-4-3-5-21(16(15)2)27-23(29)20-14-26-28(19-8-6-18(24)7-9-19)22(20)17-10-12-25-13-11-17;/h3-9,14,17,25H,10-13H2,1-2H3,(H,27,29);1H/p-1. The largest absolute Gasteiger partial charge is 1.00 e. The van der Waals surface area contributed by atoms with Crippen molar-refractivity contribution in [1.29, 1.82) is 0 Å². The van der Waals surface area contributed by atoms with Crippen LogP contribution in [0.3, 0.4) is 0 Å². The summed E-state index contributed by atoms with van der Waals surface area (Å²) in [6, 6.07) is 12.1. The number of carbonyl (C=O) groups is 1. The Labute approximate surface area is 182 Å². The highest BCUT2D eigenvalue weighted by atomic mass is 35.5. The lowest BCUT2D eigenvalue weighted by atomic mass is 9.91. The van der Waals surface area contributed by atoms with Crippen LogP contribution in [0.4, 0.5) is 10.1 Å². The number of hydrogen-bond donors (Lipinski definition) is 2. The highest BCUT2D eigenvalue weighted by molar-refractivity contribution is 6.05. The van der Waals surface area contributed by atoms with E-state index in [4.69, 9.17) is 0 Å². The average Bonchev–Trinajstić information content (AvgIpc) is 3.18. The summed E-state index contributed by atoms with van der Waals surface area (Å²) in [5.41, 5.74) is 5.20. The van der Waals surface area contributed by atoms with Gasteiger partial charge in [-0.1, -0.05) is 12.1 Å². The van der Waals surface area contributed by atoms with Crippen molar-refractivity contribution >= 4 is 11.6 Å². The summed E-state index contributed by atoms with van der Waals surface area (Å²) in [7, 11) is 0. The van der Waals surface area contributed by atoms with Crippen molar-refractivity contribution in [3.05, 3.63) is 76.9 Å². The van der Waals surface area contributed by atoms with Gasteiger partial charge in [0.1, 0.15) is 5.82 Å². The van der Waals surface area contributed by atoms with Gasteiger partial charge in [-0.25, -0.2) is 9.07 Å². The van der Waals surface area contributed by atoms with Gasteiger partial charge in [0.05, 0.1) is 23.1 Å². The van der Waals surface area contributed by atoms with Crippen molar-refractivity contribution in [2.75, 3.05) is 18.4 Å². The number of amides is 1. The van der Waals surface area contributed by atoms with Gasteiger partial charge in [0.25, 0.3) is 5.91 Å². The van der Waals surface area contributed by atoms with Crippen LogP contribution in [-0.2, 0) is 0 Å². The zero-order chi connectivity index (χ0) is 20.4. The predicted octanol–water partition coefficient (Wildman–Crippen LogP) is 1.35. The summed E-state index contributed by atoms with van der Waals surface area (Å²) < 4.78 is 15.2. The number of halogens is 2. The maximum atomic E-state index is 13.4. The molecule has 0 bridgehead atoms. The minimum Gasteiger partial charge on any atom is -1.00 e. The van der Waals surface area contributed by atoms with Gasteiger partial charge in [0.2, 0.25) is 0 Å². The monoisotopic (exact) mass is 427 g/mol. The lowest BCUT2D eigenvalue weighted by Crippen LogP contribution is -3.00. The van der Waals surface area contributed by atoms with Crippen LogP contribution in [0.25, 0.3) is 5.69 Å². The molecule has 0 radical (unpaired) electrons. The molecule has 0 spiro atoms. The summed E-state index contributed by atoms with van der Waals surface area (Å²) in [6.07, 6.45) is 3.48. The molecule has 0 atom stereocenters. The van der Waals surface area contributed by atoms with E-state index in [9.17, 15) is 9.18 Å². The molecule has 2 N–H and O–H groups in total. The number of nitrogens with zero attached hydrogens (tertiary/aromatic N) is 2. The van der Waals surface area contributed by atoms with Crippen molar-refractivity contribution in [3.8, 4) is 5.69 Å². The molecule has 0 unspecified atom stereocenters. The first-order valence-corrected chi connectivity index (χ1v) is 9.96. The number of aryl methyl sites for hydroxylation is 1. The van der Waals surface area contributed by atoms with Crippen LogP contribution in [-0.4, -0.2) is 28.8 Å². The van der Waals surface area contributed by atoms with E-state index < -0.39 is 0 Å². The Morgan fingerprint density at radius 2 is 1.83 bits per heavy atom. The molecule has 5 nitrogen and oxygen atoms in total. The molecule has 0 aliphatic carbocycles. The molecule has 1 aliphatic heterocycles. The predicted molar refractivity (Wildman–Crippen MR) is 112 cm³/mol. The zero-order valence-electron chi connectivity index (χ0n) is 17.1. The van der Waals surface area contributed by atoms with Crippen molar-refractivity contribution in [3.63, 3.8) is 0 Å². The SMILES string of the molecule is Cc1cccc(NC(=O)c2cnn(-c3ccc(F)cc3)c2C2CCNCC2)c1C.[Cl-]. The van der Waals surface area contributed by atoms with Gasteiger partial charge >= 0.3 is 0 Å². The summed E-state index contributed by atoms with van der Waals surface area (Å²) in [5.74, 6) is -0.249. The van der Waals surface area contributed by atoms with Gasteiger partial charge in [0, 0.05) is 11.6 Å². The first-order valence-electron chi connectivity index (χ1n) is 9.96. The minimum atomic E-state index is -0.294. The Morgan fingerprint density at radius 3 is 2.53 bits per heavy atom. The normalized spacial score (nSPS) is 14.2. The van der Waals surface area contributed by atoms with E-state index in [0.717, 1.165) is 54.1 Å². The molecule has 1 aromatic heterocycles. The van der Waals surface area contributed by atoms with Gasteiger partial charge < -0.3 is 23.0 Å². The molecule has 4 rings (SSSR count). The number of aromatic nitrogens is 2. The van der Waals surface area contributed by atoms with Gasteiger partial charge in [-0.2, -0.15) is 5.10 Å². The molecule has 7 heteroatoms. The van der Waals surface area contributed by atoms with Gasteiger partial charge in [-0.15, -0.1) is 0 Å². The Kier molecular flexibility index (Phi) is 6.90. The van der Waals surface area contributed by atoms with Crippen LogP contribution >= 0.6 is 0 Å². The molecular formula is C23H25ClFN4O-. The summed E-state index contributed by atoms with van der Waals surface area (Å²) in [5, 5.41) is 10.9. The third-order valence-corrected chi connectivity index (χ3v) is 5.70. The fourth-order valence-corrected chi connectivity index (χ4v) is 3.89. The van der Waals surface area contributed by atoms with Crippen molar-refractivity contribution < 1.29 is 21.6 Å². The lowest BCUT2D eigenvalue weighted by molar-refractivity contribution is -0.0000143. The fraction of sp³-hybridized carbons (Fsp3) is 0.304. The molecule has 2 heterocycles. The first kappa shape index (κ1) is 22.0. The number of piperidine rings is 1. The number of anilines is 1. The average molecular weight is 428 g/mol. The smallest absolute Gasteiger partial charge is 0.259 e. The van der Waals surface area contributed by atoms with Crippen molar-refractivity contribution in [2.24, 2.45) is 0 Å². The zero-order valence-corrected chi connectivity index (χ0v) is 17.8. The van der Waals surface area contributed by atoms with Gasteiger partial charge in [-0.05, 0) is 81.2 Å². The van der Waals surface area contributed by atoms with Crippen molar-refractivity contribution in [2.45, 2.75) is 32.6 Å². The first-order chi connectivity index (χ1) is 14.0. The number of carbonyl (C=O) groups excluding carboxylic acids is 1. The van der Waals surface area contributed by atoms with Gasteiger partial charge in [0.15, 0.2) is 0 Å². The summed E-state index contributed by atoms with van der Waals surface area (Å²) in [4.78, 5) is 13.2. The van der Waals surface area contributed by atoms with Crippen LogP contribution < -0.4 is 23.0 Å². The van der Waals surface area contributed by atoms with Gasteiger partial charge in [-0.3, -0.25) is 4.79 Å². The third kappa shape index (κ3) is 4.40. The van der Waals surface area contributed by atoms with Crippen LogP contribution in [0, 0.1) is 19.7 Å². The lowest BCUT2D eigenvalue weighted by Gasteiger charge is -2.24.